The van der Waals surface area contributed by atoms with Gasteiger partial charge >= 0.3 is 0 Å². The Morgan fingerprint density at radius 2 is 1.59 bits per heavy atom. The third-order valence-electron chi connectivity index (χ3n) is 4.37. The Bertz CT molecular complexity index is 960. The zero-order valence-corrected chi connectivity index (χ0v) is 16.9. The van der Waals surface area contributed by atoms with Gasteiger partial charge in [0.05, 0.1) is 33.8 Å². The molecule has 0 spiro atoms. The van der Waals surface area contributed by atoms with E-state index < -0.39 is 10.4 Å². The molecule has 146 valence electrons. The summed E-state index contributed by atoms with van der Waals surface area (Å²) in [5.41, 5.74) is 4.13. The van der Waals surface area contributed by atoms with Crippen LogP contribution in [0.2, 0.25) is 0 Å². The Morgan fingerprint density at radius 1 is 1.00 bits per heavy atom. The molecule has 0 saturated carbocycles. The molecular weight excluding hydrogens is 364 g/mol. The van der Waals surface area contributed by atoms with Gasteiger partial charge in [0.2, 0.25) is 10.4 Å². The largest absolute Gasteiger partial charge is 0.726 e. The summed E-state index contributed by atoms with van der Waals surface area (Å²) >= 11 is 0. The van der Waals surface area contributed by atoms with E-state index in [2.05, 4.69) is 96.7 Å². The maximum absolute atomic E-state index is 9.22. The van der Waals surface area contributed by atoms with E-state index in [1.54, 1.807) is 0 Å². The van der Waals surface area contributed by atoms with Crippen molar-refractivity contribution in [2.45, 2.75) is 12.5 Å². The fourth-order valence-corrected chi connectivity index (χ4v) is 3.00. The van der Waals surface area contributed by atoms with Crippen molar-refractivity contribution in [3.8, 4) is 0 Å². The minimum absolute atomic E-state index is 0.444. The number of fused-ring (bicyclic) bond motifs is 1. The number of nitrogens with zero attached hydrogens (tertiary/aromatic N) is 2. The molecule has 3 aromatic rings. The summed E-state index contributed by atoms with van der Waals surface area (Å²) < 4.78 is 34.2. The third-order valence-corrected chi connectivity index (χ3v) is 4.78. The predicted octanol–water partition coefficient (Wildman–Crippen LogP) is 3.02. The highest BCUT2D eigenvalue weighted by Crippen LogP contribution is 2.31. The number of quaternary nitrogens is 1. The van der Waals surface area contributed by atoms with E-state index in [1.165, 1.54) is 16.6 Å². The van der Waals surface area contributed by atoms with E-state index in [1.807, 2.05) is 0 Å². The van der Waals surface area contributed by atoms with E-state index in [4.69, 9.17) is 0 Å². The normalized spacial score (nSPS) is 13.1. The van der Waals surface area contributed by atoms with Crippen LogP contribution in [0.3, 0.4) is 0 Å². The first kappa shape index (κ1) is 21.1. The van der Waals surface area contributed by atoms with Crippen LogP contribution >= 0.6 is 0 Å². The van der Waals surface area contributed by atoms with Gasteiger partial charge < -0.3 is 13.4 Å². The maximum atomic E-state index is 9.22. The molecule has 0 aliphatic rings. The second-order valence-electron chi connectivity index (χ2n) is 7.16. The zero-order chi connectivity index (χ0) is 20.1. The summed E-state index contributed by atoms with van der Waals surface area (Å²) in [6.45, 7) is 0. The van der Waals surface area contributed by atoms with E-state index in [9.17, 15) is 13.0 Å². The van der Waals surface area contributed by atoms with Crippen molar-refractivity contribution in [3.63, 3.8) is 0 Å². The van der Waals surface area contributed by atoms with Gasteiger partial charge in [0.15, 0.2) is 0 Å². The highest BCUT2D eigenvalue weighted by molar-refractivity contribution is 7.80. The van der Waals surface area contributed by atoms with E-state index >= 15 is 0 Å². The average Bonchev–Trinajstić information content (AvgIpc) is 3.03. The first-order valence-corrected chi connectivity index (χ1v) is 9.87. The molecule has 0 N–H and O–H groups in total. The van der Waals surface area contributed by atoms with Gasteiger partial charge in [-0.15, -0.1) is 0 Å². The van der Waals surface area contributed by atoms with Gasteiger partial charge in [-0.3, -0.25) is 4.18 Å². The van der Waals surface area contributed by atoms with Crippen molar-refractivity contribution in [1.82, 2.24) is 4.40 Å². The molecule has 6 nitrogen and oxygen atoms in total. The van der Waals surface area contributed by atoms with E-state index in [0.717, 1.165) is 18.0 Å². The Labute approximate surface area is 161 Å². The number of hydrogen-bond donors (Lipinski definition) is 0. The number of hydrogen-bond acceptors (Lipinski definition) is 4. The van der Waals surface area contributed by atoms with Crippen LogP contribution in [0.15, 0.2) is 67.0 Å². The van der Waals surface area contributed by atoms with Gasteiger partial charge in [-0.1, -0.05) is 36.4 Å². The molecule has 0 fully saturated rings. The summed E-state index contributed by atoms with van der Waals surface area (Å²) in [4.78, 5) is 0. The zero-order valence-electron chi connectivity index (χ0n) is 16.1. The van der Waals surface area contributed by atoms with E-state index in [-0.39, 0.29) is 0 Å². The van der Waals surface area contributed by atoms with Crippen molar-refractivity contribution in [2.24, 2.45) is 0 Å². The number of likely N-dealkylation sites (N-methyl/N-ethyl adjacent to an activating group) is 1. The quantitative estimate of drug-likeness (QED) is 0.381. The molecule has 2 heterocycles. The predicted molar refractivity (Wildman–Crippen MR) is 105 cm³/mol. The first-order chi connectivity index (χ1) is 12.6. The Kier molecular flexibility index (Phi) is 6.78. The molecular formula is C20H26N2O4S. The number of pyridine rings is 1. The van der Waals surface area contributed by atoms with Crippen LogP contribution < -0.4 is 0 Å². The summed E-state index contributed by atoms with van der Waals surface area (Å²) in [7, 11) is 3.23. The summed E-state index contributed by atoms with van der Waals surface area (Å²) in [5, 5.41) is 0. The smallest absolute Gasteiger partial charge is 0.217 e. The number of rotatable bonds is 5. The van der Waals surface area contributed by atoms with Crippen LogP contribution in [0.5, 0.6) is 0 Å². The maximum Gasteiger partial charge on any atom is 0.217 e. The molecule has 27 heavy (non-hydrogen) atoms. The van der Waals surface area contributed by atoms with Crippen molar-refractivity contribution < 1.29 is 21.6 Å². The molecule has 0 aliphatic carbocycles. The highest BCUT2D eigenvalue weighted by atomic mass is 32.3. The first-order valence-electron chi connectivity index (χ1n) is 8.54. The lowest BCUT2D eigenvalue weighted by molar-refractivity contribution is -0.902. The van der Waals surface area contributed by atoms with E-state index in [0.29, 0.717) is 6.04 Å². The third kappa shape index (κ3) is 6.18. The fourth-order valence-electron chi connectivity index (χ4n) is 3.00. The molecule has 3 rings (SSSR count). The summed E-state index contributed by atoms with van der Waals surface area (Å²) in [5.74, 6) is 0. The van der Waals surface area contributed by atoms with Gasteiger partial charge in [0.1, 0.15) is 6.04 Å². The molecule has 1 atom stereocenters. The van der Waals surface area contributed by atoms with Crippen LogP contribution in [-0.4, -0.2) is 50.1 Å². The minimum atomic E-state index is -4.41. The summed E-state index contributed by atoms with van der Waals surface area (Å²) in [6.07, 6.45) is 5.34. The van der Waals surface area contributed by atoms with Gasteiger partial charge in [-0.2, -0.15) is 0 Å². The van der Waals surface area contributed by atoms with Crippen molar-refractivity contribution in [2.75, 3.05) is 28.3 Å². The second-order valence-corrected chi connectivity index (χ2v) is 8.31. The second kappa shape index (κ2) is 8.67. The van der Waals surface area contributed by atoms with Crippen molar-refractivity contribution in [3.05, 3.63) is 78.1 Å². The molecule has 1 aromatic carbocycles. The minimum Gasteiger partial charge on any atom is -0.726 e. The molecule has 0 radical (unpaired) electrons. The lowest BCUT2D eigenvalue weighted by atomic mass is 9.97. The van der Waals surface area contributed by atoms with Crippen LogP contribution in [0.1, 0.15) is 17.2 Å². The van der Waals surface area contributed by atoms with Gasteiger partial charge in [0.25, 0.3) is 0 Å². The van der Waals surface area contributed by atoms with Crippen LogP contribution in [-0.2, 0) is 21.0 Å². The Hall–Kier alpha value is -2.19. The number of aromatic nitrogens is 1. The molecule has 7 heteroatoms. The number of benzene rings is 1. The van der Waals surface area contributed by atoms with Crippen molar-refractivity contribution >= 4 is 15.9 Å². The molecule has 0 saturated heterocycles. The van der Waals surface area contributed by atoms with Gasteiger partial charge in [0, 0.05) is 24.4 Å². The topological polar surface area (TPSA) is 70.8 Å². The molecule has 0 amide bonds. The lowest BCUT2D eigenvalue weighted by Crippen LogP contribution is -2.40. The van der Waals surface area contributed by atoms with Crippen molar-refractivity contribution in [1.29, 1.82) is 0 Å². The Balaban J connectivity index is 0.000000380. The van der Waals surface area contributed by atoms with Crippen LogP contribution in [0, 0.1) is 0 Å². The van der Waals surface area contributed by atoms with Gasteiger partial charge in [-0.25, -0.2) is 8.42 Å². The lowest BCUT2D eigenvalue weighted by Gasteiger charge is -2.34. The Morgan fingerprint density at radius 3 is 2.15 bits per heavy atom. The standard InChI is InChI=1S/C19H23N2.CH4O4S/c1-21(2,3)19(15-16-9-5-4-6-10-16)17-12-14-20-13-8-7-11-18(17)20;1-5-6(2,3)4/h4-14,19H,15H2,1-3H3;1H3,(H,2,3,4)/q+1;/p-1. The summed E-state index contributed by atoms with van der Waals surface area (Å²) in [6, 6.07) is 19.9. The van der Waals surface area contributed by atoms with Crippen LogP contribution in [0.25, 0.3) is 5.52 Å². The monoisotopic (exact) mass is 390 g/mol. The highest BCUT2D eigenvalue weighted by Gasteiger charge is 2.28. The molecule has 2 aromatic heterocycles. The average molecular weight is 391 g/mol. The fraction of sp³-hybridized carbons (Fsp3) is 0.300. The SMILES string of the molecule is COS(=O)(=O)[O-].C[N+](C)(C)C(Cc1ccccc1)c1ccn2ccccc12. The van der Waals surface area contributed by atoms with Gasteiger partial charge in [-0.05, 0) is 23.8 Å². The molecule has 1 unspecified atom stereocenters. The van der Waals surface area contributed by atoms with Crippen LogP contribution in [0.4, 0.5) is 0 Å². The molecule has 0 bridgehead atoms. The molecule has 0 aliphatic heterocycles.